The Labute approximate surface area is 187 Å². The van der Waals surface area contributed by atoms with Crippen molar-refractivity contribution in [2.75, 3.05) is 25.2 Å². The number of carbonyl (C=O) groups is 2. The maximum Gasteiger partial charge on any atom is 0.300 e. The van der Waals surface area contributed by atoms with E-state index in [1.807, 2.05) is 0 Å². The number of Topliss-reactive ketones (excluding diaryl/α,β-unsaturated/α-hetero) is 1. The number of ether oxygens (including phenoxy) is 3. The van der Waals surface area contributed by atoms with Gasteiger partial charge < -0.3 is 23.7 Å². The maximum atomic E-state index is 14.0. The van der Waals surface area contributed by atoms with Gasteiger partial charge in [0.15, 0.2) is 11.5 Å². The first-order valence-electron chi connectivity index (χ1n) is 10.1. The average molecular weight is 451 g/mol. The van der Waals surface area contributed by atoms with Crippen molar-refractivity contribution in [3.8, 4) is 17.2 Å². The van der Waals surface area contributed by atoms with Crippen molar-refractivity contribution < 1.29 is 37.7 Å². The Morgan fingerprint density at radius 3 is 2.61 bits per heavy atom. The van der Waals surface area contributed by atoms with Gasteiger partial charge in [0.25, 0.3) is 11.7 Å². The van der Waals surface area contributed by atoms with Crippen LogP contribution < -0.4 is 19.1 Å². The van der Waals surface area contributed by atoms with Gasteiger partial charge in [-0.05, 0) is 42.5 Å². The van der Waals surface area contributed by atoms with E-state index in [1.165, 1.54) is 24.3 Å². The summed E-state index contributed by atoms with van der Waals surface area (Å²) in [7, 11) is 1.35. The van der Waals surface area contributed by atoms with Gasteiger partial charge in [0, 0.05) is 11.8 Å². The summed E-state index contributed by atoms with van der Waals surface area (Å²) < 4.78 is 35.9. The Balaban J connectivity index is 1.70. The monoisotopic (exact) mass is 451 g/mol. The van der Waals surface area contributed by atoms with Crippen molar-refractivity contribution in [3.63, 3.8) is 0 Å². The van der Waals surface area contributed by atoms with Crippen molar-refractivity contribution >= 4 is 23.1 Å². The van der Waals surface area contributed by atoms with Crippen molar-refractivity contribution in [3.05, 3.63) is 77.5 Å². The van der Waals surface area contributed by atoms with Gasteiger partial charge >= 0.3 is 0 Å². The second-order valence-corrected chi connectivity index (χ2v) is 7.36. The third-order valence-corrected chi connectivity index (χ3v) is 5.48. The molecule has 33 heavy (non-hydrogen) atoms. The molecule has 3 aromatic rings. The molecule has 2 aliphatic heterocycles. The molecule has 3 heterocycles. The van der Waals surface area contributed by atoms with E-state index in [2.05, 4.69) is 0 Å². The molecular weight excluding hydrogens is 433 g/mol. The predicted octanol–water partition coefficient (Wildman–Crippen LogP) is 3.82. The largest absolute Gasteiger partial charge is 0.507 e. The number of aliphatic hydroxyl groups excluding tert-OH is 1. The first-order valence-corrected chi connectivity index (χ1v) is 10.1. The van der Waals surface area contributed by atoms with Crippen molar-refractivity contribution in [2.24, 2.45) is 0 Å². The van der Waals surface area contributed by atoms with Crippen molar-refractivity contribution in [1.82, 2.24) is 0 Å². The van der Waals surface area contributed by atoms with Gasteiger partial charge in [-0.1, -0.05) is 0 Å². The van der Waals surface area contributed by atoms with Crippen LogP contribution in [0.4, 0.5) is 10.1 Å². The lowest BCUT2D eigenvalue weighted by Gasteiger charge is -2.25. The van der Waals surface area contributed by atoms with Crippen molar-refractivity contribution in [2.45, 2.75) is 6.04 Å². The molecule has 2 aromatic carbocycles. The van der Waals surface area contributed by atoms with E-state index in [4.69, 9.17) is 18.6 Å². The molecule has 1 atom stereocenters. The minimum absolute atomic E-state index is 0.0609. The summed E-state index contributed by atoms with van der Waals surface area (Å²) in [6.45, 7) is 0.745. The molecule has 1 unspecified atom stereocenters. The highest BCUT2D eigenvalue weighted by molar-refractivity contribution is 6.51. The SMILES string of the molecule is COc1ccc(F)cc1/C(O)=C1/C(=O)C(=O)N(c2ccc3c(c2)OCCO3)C1c1ccco1. The highest BCUT2D eigenvalue weighted by Crippen LogP contribution is 2.45. The highest BCUT2D eigenvalue weighted by Gasteiger charge is 2.48. The molecule has 0 saturated carbocycles. The maximum absolute atomic E-state index is 14.0. The van der Waals surface area contributed by atoms with E-state index >= 15 is 0 Å². The number of hydrogen-bond donors (Lipinski definition) is 1. The fraction of sp³-hybridized carbons (Fsp3) is 0.167. The van der Waals surface area contributed by atoms with Gasteiger partial charge in [-0.3, -0.25) is 14.5 Å². The Bertz CT molecular complexity index is 1280. The second-order valence-electron chi connectivity index (χ2n) is 7.36. The van der Waals surface area contributed by atoms with Gasteiger partial charge in [0.1, 0.15) is 42.3 Å². The molecule has 0 bridgehead atoms. The smallest absolute Gasteiger partial charge is 0.300 e. The highest BCUT2D eigenvalue weighted by atomic mass is 19.1. The molecule has 5 rings (SSSR count). The predicted molar refractivity (Wildman–Crippen MR) is 114 cm³/mol. The number of furan rings is 1. The number of benzene rings is 2. The fourth-order valence-electron chi connectivity index (χ4n) is 4.01. The summed E-state index contributed by atoms with van der Waals surface area (Å²) in [6, 6.07) is 10.4. The minimum Gasteiger partial charge on any atom is -0.507 e. The molecule has 168 valence electrons. The molecule has 0 radical (unpaired) electrons. The lowest BCUT2D eigenvalue weighted by atomic mass is 9.98. The molecule has 2 aliphatic rings. The topological polar surface area (TPSA) is 98.4 Å². The number of nitrogens with zero attached hydrogens (tertiary/aromatic N) is 1. The standard InChI is InChI=1S/C24H18FNO7/c1-30-16-6-4-13(25)11-15(16)22(27)20-21(18-3-2-8-31-18)26(24(29)23(20)28)14-5-7-17-19(12-14)33-10-9-32-17/h2-8,11-12,21,27H,9-10H2,1H3/b22-20-. The average Bonchev–Trinajstić information content (AvgIpc) is 3.45. The van der Waals surface area contributed by atoms with Gasteiger partial charge in [-0.2, -0.15) is 0 Å². The zero-order chi connectivity index (χ0) is 23.1. The number of carbonyl (C=O) groups excluding carboxylic acids is 2. The van der Waals surface area contributed by atoms with Crippen LogP contribution in [0.1, 0.15) is 17.4 Å². The first kappa shape index (κ1) is 20.6. The molecule has 0 spiro atoms. The molecule has 8 nitrogen and oxygen atoms in total. The van der Waals surface area contributed by atoms with Crippen LogP contribution in [0, 0.1) is 5.82 Å². The van der Waals surface area contributed by atoms with Gasteiger partial charge in [-0.15, -0.1) is 0 Å². The summed E-state index contributed by atoms with van der Waals surface area (Å²) in [4.78, 5) is 27.5. The van der Waals surface area contributed by atoms with E-state index in [9.17, 15) is 19.1 Å². The number of halogens is 1. The van der Waals surface area contributed by atoms with E-state index in [1.54, 1.807) is 30.3 Å². The molecule has 1 amide bonds. The number of anilines is 1. The first-order chi connectivity index (χ1) is 16.0. The van der Waals surface area contributed by atoms with Crippen molar-refractivity contribution in [1.29, 1.82) is 0 Å². The molecule has 9 heteroatoms. The number of methoxy groups -OCH3 is 1. The number of amides is 1. The summed E-state index contributed by atoms with van der Waals surface area (Å²) in [6.07, 6.45) is 1.39. The molecule has 1 fully saturated rings. The molecule has 0 aliphatic carbocycles. The Hall–Kier alpha value is -4.27. The van der Waals surface area contributed by atoms with Gasteiger partial charge in [0.2, 0.25) is 0 Å². The summed E-state index contributed by atoms with van der Waals surface area (Å²) in [5.41, 5.74) is 0.0241. The van der Waals surface area contributed by atoms with Gasteiger partial charge in [0.05, 0.1) is 24.5 Å². The van der Waals surface area contributed by atoms with Crippen LogP contribution in [-0.4, -0.2) is 37.1 Å². The number of aliphatic hydroxyl groups is 1. The fourth-order valence-corrected chi connectivity index (χ4v) is 4.01. The quantitative estimate of drug-likeness (QED) is 0.366. The Kier molecular flexibility index (Phi) is 5.01. The van der Waals surface area contributed by atoms with E-state index in [0.29, 0.717) is 30.4 Å². The van der Waals surface area contributed by atoms with Crippen LogP contribution in [0.2, 0.25) is 0 Å². The minimum atomic E-state index is -1.10. The van der Waals surface area contributed by atoms with Crippen LogP contribution in [0.3, 0.4) is 0 Å². The third kappa shape index (κ3) is 3.38. The number of rotatable bonds is 4. The zero-order valence-electron chi connectivity index (χ0n) is 17.4. The lowest BCUT2D eigenvalue weighted by Crippen LogP contribution is -2.29. The van der Waals surface area contributed by atoms with Crippen LogP contribution >= 0.6 is 0 Å². The molecule has 1 aromatic heterocycles. The van der Waals surface area contributed by atoms with E-state index in [-0.39, 0.29) is 22.6 Å². The summed E-state index contributed by atoms with van der Waals surface area (Å²) in [5, 5.41) is 11.1. The Morgan fingerprint density at radius 1 is 1.09 bits per heavy atom. The number of fused-ring (bicyclic) bond motifs is 1. The zero-order valence-corrected chi connectivity index (χ0v) is 17.4. The lowest BCUT2D eigenvalue weighted by molar-refractivity contribution is -0.132. The number of ketones is 1. The molecule has 1 saturated heterocycles. The molecule has 1 N–H and O–H groups in total. The normalized spacial score (nSPS) is 19.1. The summed E-state index contributed by atoms with van der Waals surface area (Å²) in [5.74, 6) is -1.75. The van der Waals surface area contributed by atoms with E-state index < -0.39 is 29.3 Å². The Morgan fingerprint density at radius 2 is 1.88 bits per heavy atom. The molecular formula is C24H18FNO7. The summed E-state index contributed by atoms with van der Waals surface area (Å²) >= 11 is 0. The number of hydrogen-bond acceptors (Lipinski definition) is 7. The van der Waals surface area contributed by atoms with Crippen LogP contribution in [0.5, 0.6) is 17.2 Å². The van der Waals surface area contributed by atoms with E-state index in [0.717, 1.165) is 12.1 Å². The van der Waals surface area contributed by atoms with Crippen LogP contribution in [0.25, 0.3) is 5.76 Å². The second kappa shape index (κ2) is 8.01. The van der Waals surface area contributed by atoms with Crippen LogP contribution in [0.15, 0.2) is 64.8 Å². The third-order valence-electron chi connectivity index (χ3n) is 5.48. The van der Waals surface area contributed by atoms with Crippen LogP contribution in [-0.2, 0) is 9.59 Å². The van der Waals surface area contributed by atoms with Gasteiger partial charge in [-0.25, -0.2) is 4.39 Å².